The van der Waals surface area contributed by atoms with Crippen LogP contribution < -0.4 is 0 Å². The molecule has 0 N–H and O–H groups in total. The third-order valence-corrected chi connectivity index (χ3v) is 14.7. The Hall–Kier alpha value is -3.15. The average Bonchev–Trinajstić information content (AvgIpc) is 3.43. The molecule has 0 aliphatic heterocycles. The molecular formula is C71H126O6. The molecule has 0 spiro atoms. The molecule has 6 nitrogen and oxygen atoms in total. The summed E-state index contributed by atoms with van der Waals surface area (Å²) in [5.41, 5.74) is 0. The maximum absolute atomic E-state index is 12.9. The van der Waals surface area contributed by atoms with Gasteiger partial charge in [-0.15, -0.1) is 0 Å². The van der Waals surface area contributed by atoms with Crippen LogP contribution in [0.4, 0.5) is 0 Å². The number of carbonyl (C=O) groups is 3. The molecule has 1 atom stereocenters. The lowest BCUT2D eigenvalue weighted by Crippen LogP contribution is -2.30. The number of ether oxygens (including phenoxy) is 3. The molecule has 0 aliphatic rings. The van der Waals surface area contributed by atoms with E-state index >= 15 is 0 Å². The average molecular weight is 1080 g/mol. The van der Waals surface area contributed by atoms with E-state index in [0.717, 1.165) is 109 Å². The van der Waals surface area contributed by atoms with Gasteiger partial charge >= 0.3 is 17.9 Å². The third kappa shape index (κ3) is 63.6. The van der Waals surface area contributed by atoms with Gasteiger partial charge in [0.2, 0.25) is 0 Å². The second-order valence-corrected chi connectivity index (χ2v) is 22.4. The number of esters is 3. The first kappa shape index (κ1) is 73.8. The van der Waals surface area contributed by atoms with Crippen LogP contribution >= 0.6 is 0 Å². The maximum Gasteiger partial charge on any atom is 0.306 e. The van der Waals surface area contributed by atoms with Crippen LogP contribution in [0.1, 0.15) is 342 Å². The maximum atomic E-state index is 12.9. The zero-order valence-electron chi connectivity index (χ0n) is 51.2. The summed E-state index contributed by atoms with van der Waals surface area (Å²) in [6, 6.07) is 0. The van der Waals surface area contributed by atoms with E-state index in [4.69, 9.17) is 14.2 Å². The van der Waals surface area contributed by atoms with Crippen LogP contribution in [0.3, 0.4) is 0 Å². The Morgan fingerprint density at radius 1 is 0.273 bits per heavy atom. The molecule has 0 heterocycles. The van der Waals surface area contributed by atoms with E-state index in [-0.39, 0.29) is 31.1 Å². The van der Waals surface area contributed by atoms with Crippen LogP contribution in [0.5, 0.6) is 0 Å². The van der Waals surface area contributed by atoms with Crippen LogP contribution in [0.2, 0.25) is 0 Å². The summed E-state index contributed by atoms with van der Waals surface area (Å²) in [5.74, 6) is -0.900. The first-order chi connectivity index (χ1) is 38.0. The lowest BCUT2D eigenvalue weighted by molar-refractivity contribution is -0.167. The fourth-order valence-corrected chi connectivity index (χ4v) is 9.74. The minimum absolute atomic E-state index is 0.0825. The van der Waals surface area contributed by atoms with Gasteiger partial charge in [-0.1, -0.05) is 325 Å². The van der Waals surface area contributed by atoms with Gasteiger partial charge in [0.05, 0.1) is 0 Å². The second kappa shape index (κ2) is 65.4. The summed E-state index contributed by atoms with van der Waals surface area (Å²) < 4.78 is 16.8. The van der Waals surface area contributed by atoms with Gasteiger partial charge < -0.3 is 14.2 Å². The topological polar surface area (TPSA) is 78.9 Å². The Morgan fingerprint density at radius 3 is 0.792 bits per heavy atom. The summed E-state index contributed by atoms with van der Waals surface area (Å²) in [4.78, 5) is 38.1. The van der Waals surface area contributed by atoms with Crippen molar-refractivity contribution >= 4 is 17.9 Å². The molecular weight excluding hydrogens is 949 g/mol. The Balaban J connectivity index is 4.10. The van der Waals surface area contributed by atoms with Crippen LogP contribution in [0, 0.1) is 0 Å². The lowest BCUT2D eigenvalue weighted by Gasteiger charge is -2.18. The van der Waals surface area contributed by atoms with E-state index in [2.05, 4.69) is 93.7 Å². The fourth-order valence-electron chi connectivity index (χ4n) is 9.74. The van der Waals surface area contributed by atoms with E-state index < -0.39 is 6.10 Å². The van der Waals surface area contributed by atoms with E-state index in [1.165, 1.54) is 193 Å². The third-order valence-electron chi connectivity index (χ3n) is 14.7. The number of carbonyl (C=O) groups excluding carboxylic acids is 3. The van der Waals surface area contributed by atoms with Gasteiger partial charge in [0.15, 0.2) is 6.10 Å². The number of unbranched alkanes of at least 4 members (excludes halogenated alkanes) is 38. The van der Waals surface area contributed by atoms with Crippen molar-refractivity contribution in [2.24, 2.45) is 0 Å². The summed E-state index contributed by atoms with van der Waals surface area (Å²) in [6.07, 6.45) is 85.3. The van der Waals surface area contributed by atoms with Gasteiger partial charge in [0, 0.05) is 19.3 Å². The highest BCUT2D eigenvalue weighted by atomic mass is 16.6. The van der Waals surface area contributed by atoms with Crippen molar-refractivity contribution in [2.75, 3.05) is 13.2 Å². The molecule has 1 unspecified atom stereocenters. The van der Waals surface area contributed by atoms with E-state index in [1.54, 1.807) is 0 Å². The largest absolute Gasteiger partial charge is 0.462 e. The molecule has 0 aromatic rings. The molecule has 6 heteroatoms. The first-order valence-corrected chi connectivity index (χ1v) is 33.4. The molecule has 0 rings (SSSR count). The van der Waals surface area contributed by atoms with Crippen LogP contribution in [0.25, 0.3) is 0 Å². The molecule has 0 saturated heterocycles. The molecule has 446 valence electrons. The summed E-state index contributed by atoms with van der Waals surface area (Å²) in [5, 5.41) is 0. The quantitative estimate of drug-likeness (QED) is 0.0261. The number of hydrogen-bond donors (Lipinski definition) is 0. The molecule has 0 bridgehead atoms. The number of allylic oxidation sites excluding steroid dienone is 12. The number of rotatable bonds is 61. The Kier molecular flexibility index (Phi) is 62.7. The SMILES string of the molecule is CC/C=C\C/C=C\C/C=C\C/C=C\C/C=C\C/C=C\CCCCCCC(=O)OC(COC(=O)CCCCCCCCC)COC(=O)CCCCCCCCCCCCCCCCCCCCCCCCCCCCCCC. The van der Waals surface area contributed by atoms with Crippen molar-refractivity contribution in [3.05, 3.63) is 72.9 Å². The highest BCUT2D eigenvalue weighted by Crippen LogP contribution is 2.18. The first-order valence-electron chi connectivity index (χ1n) is 33.4. The summed E-state index contributed by atoms with van der Waals surface area (Å²) in [7, 11) is 0. The standard InChI is InChI=1S/C71H126O6/c1-4-7-10-13-16-18-20-22-24-26-28-30-32-33-34-35-36-37-39-40-42-44-46-48-50-52-55-58-61-64-70(73)76-67-68(66-75-69(72)63-60-57-54-15-12-9-6-3)77-71(74)65-62-59-56-53-51-49-47-45-43-41-38-31-29-27-25-23-21-19-17-14-11-8-5-2/h8,11,17,19,23,25,29,31,41,43,47,49,68H,4-7,9-10,12-16,18,20-22,24,26-28,30,32-40,42,44-46,48,50-67H2,1-3H3/b11-8-,19-17-,25-23-,31-29-,43-41-,49-47-. The van der Waals surface area contributed by atoms with Gasteiger partial charge in [0.1, 0.15) is 13.2 Å². The van der Waals surface area contributed by atoms with E-state index in [9.17, 15) is 14.4 Å². The molecule has 0 saturated carbocycles. The van der Waals surface area contributed by atoms with Crippen LogP contribution in [-0.2, 0) is 28.6 Å². The molecule has 0 aromatic heterocycles. The zero-order chi connectivity index (χ0) is 55.7. The summed E-state index contributed by atoms with van der Waals surface area (Å²) in [6.45, 7) is 6.51. The highest BCUT2D eigenvalue weighted by Gasteiger charge is 2.19. The van der Waals surface area contributed by atoms with Crippen molar-refractivity contribution in [3.63, 3.8) is 0 Å². The second-order valence-electron chi connectivity index (χ2n) is 22.4. The van der Waals surface area contributed by atoms with Crippen LogP contribution in [0.15, 0.2) is 72.9 Å². The summed E-state index contributed by atoms with van der Waals surface area (Å²) >= 11 is 0. The minimum Gasteiger partial charge on any atom is -0.462 e. The van der Waals surface area contributed by atoms with Gasteiger partial charge in [-0.05, 0) is 70.6 Å². The van der Waals surface area contributed by atoms with E-state index in [1.807, 2.05) is 0 Å². The van der Waals surface area contributed by atoms with Crippen molar-refractivity contribution in [1.29, 1.82) is 0 Å². The van der Waals surface area contributed by atoms with E-state index in [0.29, 0.717) is 19.3 Å². The molecule has 0 aromatic carbocycles. The Morgan fingerprint density at radius 2 is 0.506 bits per heavy atom. The van der Waals surface area contributed by atoms with Gasteiger partial charge in [-0.3, -0.25) is 14.4 Å². The molecule has 0 amide bonds. The molecule has 0 fully saturated rings. The highest BCUT2D eigenvalue weighted by molar-refractivity contribution is 5.71. The Labute approximate surface area is 478 Å². The van der Waals surface area contributed by atoms with Crippen molar-refractivity contribution in [2.45, 2.75) is 348 Å². The molecule has 77 heavy (non-hydrogen) atoms. The van der Waals surface area contributed by atoms with Crippen molar-refractivity contribution in [3.8, 4) is 0 Å². The predicted molar refractivity (Wildman–Crippen MR) is 335 cm³/mol. The van der Waals surface area contributed by atoms with Crippen molar-refractivity contribution < 1.29 is 28.6 Å². The minimum atomic E-state index is -0.786. The van der Waals surface area contributed by atoms with Crippen LogP contribution in [-0.4, -0.2) is 37.2 Å². The van der Waals surface area contributed by atoms with Gasteiger partial charge in [0.25, 0.3) is 0 Å². The fraction of sp³-hybridized carbons (Fsp3) is 0.789. The zero-order valence-corrected chi connectivity index (χ0v) is 51.2. The van der Waals surface area contributed by atoms with Gasteiger partial charge in [-0.2, -0.15) is 0 Å². The predicted octanol–water partition coefficient (Wildman–Crippen LogP) is 22.9. The lowest BCUT2D eigenvalue weighted by atomic mass is 10.0. The Bertz CT molecular complexity index is 1420. The van der Waals surface area contributed by atoms with Gasteiger partial charge in [-0.25, -0.2) is 0 Å². The normalized spacial score (nSPS) is 12.5. The molecule has 0 radical (unpaired) electrons. The smallest absolute Gasteiger partial charge is 0.306 e. The monoisotopic (exact) mass is 1070 g/mol. The number of hydrogen-bond acceptors (Lipinski definition) is 6. The molecule has 0 aliphatic carbocycles. The van der Waals surface area contributed by atoms with Crippen molar-refractivity contribution in [1.82, 2.24) is 0 Å².